The molecule has 0 bridgehead atoms. The number of methoxy groups -OCH3 is 2. The third kappa shape index (κ3) is 5.14. The van der Waals surface area contributed by atoms with Crippen LogP contribution in [0.4, 0.5) is 13.2 Å². The molecule has 0 fully saturated rings. The number of benzene rings is 2. The third-order valence-corrected chi connectivity index (χ3v) is 5.51. The van der Waals surface area contributed by atoms with Crippen molar-refractivity contribution in [2.45, 2.75) is 17.8 Å². The van der Waals surface area contributed by atoms with Crippen LogP contribution in [0.5, 0.6) is 11.5 Å². The fourth-order valence-electron chi connectivity index (χ4n) is 2.68. The minimum absolute atomic E-state index is 0.210. The Kier molecular flexibility index (Phi) is 7.05. The van der Waals surface area contributed by atoms with E-state index in [-0.39, 0.29) is 10.9 Å². The molecule has 1 aromatic heterocycles. The smallest absolute Gasteiger partial charge is 0.389 e. The summed E-state index contributed by atoms with van der Waals surface area (Å²) in [6, 6.07) is 9.97. The molecule has 0 aliphatic heterocycles. The summed E-state index contributed by atoms with van der Waals surface area (Å²) in [5, 5.41) is 9.35. The van der Waals surface area contributed by atoms with Gasteiger partial charge in [0, 0.05) is 10.8 Å². The van der Waals surface area contributed by atoms with Gasteiger partial charge < -0.3 is 9.47 Å². The maximum atomic E-state index is 12.6. The molecular formula is C19H16Cl2F3N3O2S. The molecule has 3 rings (SSSR count). The van der Waals surface area contributed by atoms with Crippen LogP contribution < -0.4 is 9.47 Å². The maximum absolute atomic E-state index is 12.6. The van der Waals surface area contributed by atoms with Crippen molar-refractivity contribution in [3.63, 3.8) is 0 Å². The molecule has 2 aromatic carbocycles. The van der Waals surface area contributed by atoms with Crippen LogP contribution in [0.1, 0.15) is 6.42 Å². The summed E-state index contributed by atoms with van der Waals surface area (Å²) in [6.07, 6.45) is -5.22. The van der Waals surface area contributed by atoms with Crippen LogP contribution in [0.2, 0.25) is 10.0 Å². The highest BCUT2D eigenvalue weighted by Crippen LogP contribution is 2.37. The Morgan fingerprint density at radius 2 is 1.70 bits per heavy atom. The van der Waals surface area contributed by atoms with E-state index in [2.05, 4.69) is 10.2 Å². The highest BCUT2D eigenvalue weighted by atomic mass is 35.5. The zero-order valence-corrected chi connectivity index (χ0v) is 18.2. The van der Waals surface area contributed by atoms with Crippen LogP contribution in [-0.4, -0.2) is 40.9 Å². The van der Waals surface area contributed by atoms with E-state index in [9.17, 15) is 13.2 Å². The molecule has 160 valence electrons. The number of halogens is 5. The molecule has 0 aliphatic rings. The molecule has 0 amide bonds. The summed E-state index contributed by atoms with van der Waals surface area (Å²) in [7, 11) is 2.98. The Hall–Kier alpha value is -2.10. The molecule has 0 N–H and O–H groups in total. The second-order valence-electron chi connectivity index (χ2n) is 6.02. The maximum Gasteiger partial charge on any atom is 0.389 e. The molecule has 3 aromatic rings. The van der Waals surface area contributed by atoms with E-state index in [1.807, 2.05) is 0 Å². The average Bonchev–Trinajstić information content (AvgIpc) is 3.10. The molecule has 5 nitrogen and oxygen atoms in total. The van der Waals surface area contributed by atoms with E-state index >= 15 is 0 Å². The van der Waals surface area contributed by atoms with Crippen molar-refractivity contribution in [3.8, 4) is 28.6 Å². The van der Waals surface area contributed by atoms with Crippen molar-refractivity contribution >= 4 is 35.0 Å². The summed E-state index contributed by atoms with van der Waals surface area (Å²) < 4.78 is 50.0. The zero-order valence-electron chi connectivity index (χ0n) is 15.8. The first kappa shape index (κ1) is 22.6. The van der Waals surface area contributed by atoms with Crippen LogP contribution in [0, 0.1) is 0 Å². The normalized spacial score (nSPS) is 11.6. The Labute approximate surface area is 185 Å². The van der Waals surface area contributed by atoms with Crippen LogP contribution in [-0.2, 0) is 0 Å². The van der Waals surface area contributed by atoms with Gasteiger partial charge in [0.1, 0.15) is 11.5 Å². The highest BCUT2D eigenvalue weighted by Gasteiger charge is 2.27. The first-order valence-corrected chi connectivity index (χ1v) is 10.3. The van der Waals surface area contributed by atoms with Gasteiger partial charge in [0.2, 0.25) is 0 Å². The van der Waals surface area contributed by atoms with Gasteiger partial charge in [-0.25, -0.2) is 0 Å². The highest BCUT2D eigenvalue weighted by molar-refractivity contribution is 7.99. The van der Waals surface area contributed by atoms with Crippen molar-refractivity contribution in [2.75, 3.05) is 20.0 Å². The van der Waals surface area contributed by atoms with Crippen molar-refractivity contribution in [2.24, 2.45) is 0 Å². The molecule has 0 unspecified atom stereocenters. The van der Waals surface area contributed by atoms with E-state index in [1.165, 1.54) is 14.2 Å². The van der Waals surface area contributed by atoms with Gasteiger partial charge >= 0.3 is 6.18 Å². The molecule has 0 radical (unpaired) electrons. The minimum Gasteiger partial charge on any atom is -0.496 e. The lowest BCUT2D eigenvalue weighted by molar-refractivity contribution is -0.129. The van der Waals surface area contributed by atoms with Crippen LogP contribution >= 0.6 is 35.0 Å². The van der Waals surface area contributed by atoms with Crippen molar-refractivity contribution < 1.29 is 22.6 Å². The molecule has 0 atom stereocenters. The zero-order chi connectivity index (χ0) is 21.9. The Morgan fingerprint density at radius 1 is 1.00 bits per heavy atom. The molecule has 11 heteroatoms. The van der Waals surface area contributed by atoms with Gasteiger partial charge in [-0.15, -0.1) is 10.2 Å². The van der Waals surface area contributed by atoms with Crippen LogP contribution in [0.3, 0.4) is 0 Å². The van der Waals surface area contributed by atoms with Gasteiger partial charge in [0.05, 0.1) is 36.9 Å². The summed E-state index contributed by atoms with van der Waals surface area (Å²) in [6.45, 7) is 0. The average molecular weight is 478 g/mol. The van der Waals surface area contributed by atoms with E-state index in [0.29, 0.717) is 38.6 Å². The predicted octanol–water partition coefficient (Wildman–Crippen LogP) is 6.30. The molecule has 0 spiro atoms. The van der Waals surface area contributed by atoms with Crippen molar-refractivity contribution in [3.05, 3.63) is 46.4 Å². The number of aromatic nitrogens is 3. The lowest BCUT2D eigenvalue weighted by Crippen LogP contribution is -2.08. The summed E-state index contributed by atoms with van der Waals surface area (Å²) in [4.78, 5) is 0. The van der Waals surface area contributed by atoms with Crippen LogP contribution in [0.15, 0.2) is 41.6 Å². The summed E-state index contributed by atoms with van der Waals surface area (Å²) in [5.74, 6) is 1.09. The minimum atomic E-state index is -4.26. The van der Waals surface area contributed by atoms with Gasteiger partial charge in [0.15, 0.2) is 11.0 Å². The number of hydrogen-bond acceptors (Lipinski definition) is 5. The van der Waals surface area contributed by atoms with Crippen molar-refractivity contribution in [1.82, 2.24) is 14.8 Å². The topological polar surface area (TPSA) is 49.2 Å². The number of hydrogen-bond donors (Lipinski definition) is 0. The molecule has 0 saturated heterocycles. The second-order valence-corrected chi connectivity index (χ2v) is 7.92. The van der Waals surface area contributed by atoms with Gasteiger partial charge in [-0.05, 0) is 36.4 Å². The van der Waals surface area contributed by atoms with Gasteiger partial charge in [-0.1, -0.05) is 35.0 Å². The number of rotatable bonds is 7. The lowest BCUT2D eigenvalue weighted by Gasteiger charge is -2.14. The van der Waals surface area contributed by atoms with Gasteiger partial charge in [-0.3, -0.25) is 4.57 Å². The Bertz CT molecular complexity index is 1040. The van der Waals surface area contributed by atoms with E-state index in [0.717, 1.165) is 11.8 Å². The quantitative estimate of drug-likeness (QED) is 0.373. The first-order chi connectivity index (χ1) is 14.2. The first-order valence-electron chi connectivity index (χ1n) is 8.56. The van der Waals surface area contributed by atoms with E-state index in [4.69, 9.17) is 32.7 Å². The molecule has 30 heavy (non-hydrogen) atoms. The van der Waals surface area contributed by atoms with Crippen molar-refractivity contribution in [1.29, 1.82) is 0 Å². The largest absolute Gasteiger partial charge is 0.496 e. The summed E-state index contributed by atoms with van der Waals surface area (Å²) >= 11 is 13.4. The van der Waals surface area contributed by atoms with Gasteiger partial charge in [-0.2, -0.15) is 13.2 Å². The standard InChI is InChI=1S/C19H16Cl2F3N3O2S/c1-28-15-5-3-11(20)9-13(15)17-25-26-18(30-8-7-19(22,23)24)27(17)12-4-6-16(29-2)14(21)10-12/h3-6,9-10H,7-8H2,1-2H3. The van der Waals surface area contributed by atoms with E-state index in [1.54, 1.807) is 41.0 Å². The predicted molar refractivity (Wildman–Crippen MR) is 111 cm³/mol. The number of alkyl halides is 3. The molecule has 1 heterocycles. The second kappa shape index (κ2) is 9.36. The fourth-order valence-corrected chi connectivity index (χ4v) is 4.04. The molecular weight excluding hydrogens is 462 g/mol. The summed E-state index contributed by atoms with van der Waals surface area (Å²) in [5.41, 5.74) is 1.09. The van der Waals surface area contributed by atoms with Gasteiger partial charge in [0.25, 0.3) is 0 Å². The monoisotopic (exact) mass is 477 g/mol. The molecule has 0 saturated carbocycles. The number of thioether (sulfide) groups is 1. The Morgan fingerprint density at radius 3 is 2.33 bits per heavy atom. The SMILES string of the molecule is COc1ccc(-n2c(SCCC(F)(F)F)nnc2-c2cc(Cl)ccc2OC)cc1Cl. The molecule has 0 aliphatic carbocycles. The van der Waals surface area contributed by atoms with E-state index < -0.39 is 12.6 Å². The number of nitrogens with zero attached hydrogens (tertiary/aromatic N) is 3. The van der Waals surface area contributed by atoms with Crippen LogP contribution in [0.25, 0.3) is 17.1 Å². The lowest BCUT2D eigenvalue weighted by atomic mass is 10.2. The third-order valence-electron chi connectivity index (χ3n) is 4.05. The Balaban J connectivity index is 2.12. The number of ether oxygens (including phenoxy) is 2. The fraction of sp³-hybridized carbons (Fsp3) is 0.263.